The predicted molar refractivity (Wildman–Crippen MR) is 48.3 cm³/mol. The summed E-state index contributed by atoms with van der Waals surface area (Å²) in [5, 5.41) is 3.12. The molecule has 0 heterocycles. The lowest BCUT2D eigenvalue weighted by atomic mass is 10.3. The number of nitrogens with two attached hydrogens (primary N) is 1. The van der Waals surface area contributed by atoms with Gasteiger partial charge in [0.05, 0.1) is 6.54 Å². The highest BCUT2D eigenvalue weighted by atomic mass is 14.9. The summed E-state index contributed by atoms with van der Waals surface area (Å²) in [6, 6.07) is 9.90. The number of nitrogens with one attached hydrogen (secondary N) is 1. The maximum absolute atomic E-state index is 5.38. The molecule has 2 heteroatoms. The van der Waals surface area contributed by atoms with Gasteiger partial charge in [0.15, 0.2) is 0 Å². The lowest BCUT2D eigenvalue weighted by Gasteiger charge is -2.03. The molecule has 0 fully saturated rings. The molecule has 0 bridgehead atoms. The normalized spacial score (nSPS) is 9.09. The van der Waals surface area contributed by atoms with E-state index in [0.717, 1.165) is 5.69 Å². The molecule has 58 valence electrons. The fraction of sp³-hybridized carbons (Fsp3) is 0.111. The molecular weight excluding hydrogens is 136 g/mol. The molecule has 2 nitrogen and oxygen atoms in total. The molecule has 3 N–H and O–H groups in total. The van der Waals surface area contributed by atoms with E-state index in [0.29, 0.717) is 12.2 Å². The van der Waals surface area contributed by atoms with Crippen LogP contribution in [-0.4, -0.2) is 6.54 Å². The fourth-order valence-corrected chi connectivity index (χ4v) is 0.772. The van der Waals surface area contributed by atoms with Gasteiger partial charge in [-0.05, 0) is 12.1 Å². The first kappa shape index (κ1) is 7.66. The van der Waals surface area contributed by atoms with Gasteiger partial charge in [0.1, 0.15) is 0 Å². The van der Waals surface area contributed by atoms with Crippen LogP contribution in [0, 0.1) is 0 Å². The number of benzene rings is 1. The van der Waals surface area contributed by atoms with Gasteiger partial charge in [-0.3, -0.25) is 0 Å². The van der Waals surface area contributed by atoms with Crippen molar-refractivity contribution in [3.63, 3.8) is 0 Å². The van der Waals surface area contributed by atoms with E-state index in [4.69, 9.17) is 5.73 Å². The molecule has 1 aromatic rings. The van der Waals surface area contributed by atoms with E-state index >= 15 is 0 Å². The second-order valence-corrected chi connectivity index (χ2v) is 2.38. The van der Waals surface area contributed by atoms with Crippen LogP contribution in [0.5, 0.6) is 0 Å². The molecule has 0 unspecified atom stereocenters. The summed E-state index contributed by atoms with van der Waals surface area (Å²) in [7, 11) is 0. The minimum atomic E-state index is 0.629. The Morgan fingerprint density at radius 2 is 2.00 bits per heavy atom. The third-order valence-corrected chi connectivity index (χ3v) is 1.29. The minimum absolute atomic E-state index is 0.629. The van der Waals surface area contributed by atoms with E-state index in [1.54, 1.807) is 0 Å². The first-order valence-electron chi connectivity index (χ1n) is 3.51. The monoisotopic (exact) mass is 148 g/mol. The van der Waals surface area contributed by atoms with Gasteiger partial charge < -0.3 is 11.1 Å². The standard InChI is InChI=1S/C9H12N2/c1-8(10)7-11-9-5-3-2-4-6-9/h2-6,11H,1,7,10H2. The molecule has 0 spiro atoms. The Morgan fingerprint density at radius 3 is 2.55 bits per heavy atom. The summed E-state index contributed by atoms with van der Waals surface area (Å²) in [5.74, 6) is 0. The molecule has 0 radical (unpaired) electrons. The Hall–Kier alpha value is -1.44. The van der Waals surface area contributed by atoms with Crippen LogP contribution < -0.4 is 11.1 Å². The molecule has 0 amide bonds. The fourth-order valence-electron chi connectivity index (χ4n) is 0.772. The van der Waals surface area contributed by atoms with Crippen molar-refractivity contribution in [1.29, 1.82) is 0 Å². The zero-order valence-electron chi connectivity index (χ0n) is 6.38. The van der Waals surface area contributed by atoms with Crippen LogP contribution in [0.25, 0.3) is 0 Å². The molecule has 0 aliphatic carbocycles. The van der Waals surface area contributed by atoms with Crippen LogP contribution in [0.4, 0.5) is 5.69 Å². The quantitative estimate of drug-likeness (QED) is 0.682. The van der Waals surface area contributed by atoms with Crippen molar-refractivity contribution in [3.8, 4) is 0 Å². The van der Waals surface area contributed by atoms with E-state index in [-0.39, 0.29) is 0 Å². The van der Waals surface area contributed by atoms with Crippen LogP contribution in [0.1, 0.15) is 0 Å². The number of para-hydroxylation sites is 1. The van der Waals surface area contributed by atoms with E-state index in [9.17, 15) is 0 Å². The van der Waals surface area contributed by atoms with Gasteiger partial charge in [-0.25, -0.2) is 0 Å². The molecule has 0 aliphatic rings. The molecular formula is C9H12N2. The van der Waals surface area contributed by atoms with E-state index < -0.39 is 0 Å². The van der Waals surface area contributed by atoms with Crippen LogP contribution in [0.2, 0.25) is 0 Å². The van der Waals surface area contributed by atoms with E-state index in [1.807, 2.05) is 30.3 Å². The van der Waals surface area contributed by atoms with Crippen molar-refractivity contribution in [2.75, 3.05) is 11.9 Å². The Balaban J connectivity index is 2.45. The second kappa shape index (κ2) is 3.66. The van der Waals surface area contributed by atoms with Crippen molar-refractivity contribution in [3.05, 3.63) is 42.6 Å². The summed E-state index contributed by atoms with van der Waals surface area (Å²) in [6.45, 7) is 4.21. The van der Waals surface area contributed by atoms with Crippen molar-refractivity contribution in [1.82, 2.24) is 0 Å². The number of anilines is 1. The number of hydrogen-bond acceptors (Lipinski definition) is 2. The van der Waals surface area contributed by atoms with Gasteiger partial charge in [0, 0.05) is 11.4 Å². The minimum Gasteiger partial charge on any atom is -0.401 e. The van der Waals surface area contributed by atoms with E-state index in [2.05, 4.69) is 11.9 Å². The van der Waals surface area contributed by atoms with Gasteiger partial charge >= 0.3 is 0 Å². The lowest BCUT2D eigenvalue weighted by Crippen LogP contribution is -2.09. The van der Waals surface area contributed by atoms with Crippen molar-refractivity contribution in [2.24, 2.45) is 5.73 Å². The van der Waals surface area contributed by atoms with Crippen molar-refractivity contribution < 1.29 is 0 Å². The Kier molecular flexibility index (Phi) is 2.55. The van der Waals surface area contributed by atoms with Crippen molar-refractivity contribution in [2.45, 2.75) is 0 Å². The highest BCUT2D eigenvalue weighted by Gasteiger charge is 1.87. The molecule has 1 aromatic carbocycles. The maximum Gasteiger partial charge on any atom is 0.0539 e. The smallest absolute Gasteiger partial charge is 0.0539 e. The third kappa shape index (κ3) is 2.76. The molecule has 1 rings (SSSR count). The Morgan fingerprint density at radius 1 is 1.36 bits per heavy atom. The molecule has 0 saturated carbocycles. The average Bonchev–Trinajstić information content (AvgIpc) is 2.03. The van der Waals surface area contributed by atoms with Crippen molar-refractivity contribution >= 4 is 5.69 Å². The molecule has 0 aliphatic heterocycles. The van der Waals surface area contributed by atoms with Gasteiger partial charge in [-0.15, -0.1) is 0 Å². The molecule has 0 saturated heterocycles. The lowest BCUT2D eigenvalue weighted by molar-refractivity contribution is 1.18. The second-order valence-electron chi connectivity index (χ2n) is 2.38. The number of rotatable bonds is 3. The van der Waals surface area contributed by atoms with Gasteiger partial charge in [-0.2, -0.15) is 0 Å². The summed E-state index contributed by atoms with van der Waals surface area (Å²) in [6.07, 6.45) is 0. The molecule has 0 atom stereocenters. The molecule has 11 heavy (non-hydrogen) atoms. The zero-order chi connectivity index (χ0) is 8.10. The third-order valence-electron chi connectivity index (χ3n) is 1.29. The first-order valence-corrected chi connectivity index (χ1v) is 3.51. The van der Waals surface area contributed by atoms with Crippen LogP contribution in [-0.2, 0) is 0 Å². The SMILES string of the molecule is C=C(N)CNc1ccccc1. The highest BCUT2D eigenvalue weighted by Crippen LogP contribution is 2.03. The Bertz CT molecular complexity index is 229. The van der Waals surface area contributed by atoms with Crippen LogP contribution in [0.15, 0.2) is 42.6 Å². The Labute approximate surface area is 66.7 Å². The molecule has 0 aromatic heterocycles. The largest absolute Gasteiger partial charge is 0.401 e. The summed E-state index contributed by atoms with van der Waals surface area (Å²) in [5.41, 5.74) is 7.10. The zero-order valence-corrected chi connectivity index (χ0v) is 6.38. The summed E-state index contributed by atoms with van der Waals surface area (Å²) < 4.78 is 0. The van der Waals surface area contributed by atoms with Gasteiger partial charge in [0.25, 0.3) is 0 Å². The topological polar surface area (TPSA) is 38.0 Å². The van der Waals surface area contributed by atoms with Crippen LogP contribution >= 0.6 is 0 Å². The summed E-state index contributed by atoms with van der Waals surface area (Å²) >= 11 is 0. The number of hydrogen-bond donors (Lipinski definition) is 2. The average molecular weight is 148 g/mol. The highest BCUT2D eigenvalue weighted by molar-refractivity contribution is 5.43. The first-order chi connectivity index (χ1) is 5.29. The van der Waals surface area contributed by atoms with Gasteiger partial charge in [-0.1, -0.05) is 24.8 Å². The van der Waals surface area contributed by atoms with Gasteiger partial charge in [0.2, 0.25) is 0 Å². The predicted octanol–water partition coefficient (Wildman–Crippen LogP) is 1.57. The maximum atomic E-state index is 5.38. The van der Waals surface area contributed by atoms with E-state index in [1.165, 1.54) is 0 Å². The van der Waals surface area contributed by atoms with Crippen LogP contribution in [0.3, 0.4) is 0 Å². The summed E-state index contributed by atoms with van der Waals surface area (Å²) in [4.78, 5) is 0.